The summed E-state index contributed by atoms with van der Waals surface area (Å²) < 4.78 is 5.24. The molecule has 0 radical (unpaired) electrons. The standard InChI is InChI=1S/C7H14O2/c1-3-4-7(2)6(5-8)9-7/h6,8H,3-5H2,1-2H3/t6-,7-/m1/s1. The normalized spacial score (nSPS) is 41.0. The van der Waals surface area contributed by atoms with E-state index in [1.807, 2.05) is 0 Å². The van der Waals surface area contributed by atoms with Gasteiger partial charge in [-0.05, 0) is 13.3 Å². The Morgan fingerprint density at radius 2 is 2.33 bits per heavy atom. The van der Waals surface area contributed by atoms with Crippen molar-refractivity contribution in [2.75, 3.05) is 6.61 Å². The fraction of sp³-hybridized carbons (Fsp3) is 1.00. The molecular weight excluding hydrogens is 116 g/mol. The highest BCUT2D eigenvalue weighted by molar-refractivity contribution is 4.97. The van der Waals surface area contributed by atoms with Crippen molar-refractivity contribution in [3.63, 3.8) is 0 Å². The molecule has 0 bridgehead atoms. The second-order valence-corrected chi connectivity index (χ2v) is 2.85. The summed E-state index contributed by atoms with van der Waals surface area (Å²) in [4.78, 5) is 0. The molecule has 1 aliphatic heterocycles. The Morgan fingerprint density at radius 3 is 2.67 bits per heavy atom. The molecule has 0 saturated carbocycles. The van der Waals surface area contributed by atoms with Crippen LogP contribution in [0.15, 0.2) is 0 Å². The third kappa shape index (κ3) is 1.25. The summed E-state index contributed by atoms with van der Waals surface area (Å²) in [7, 11) is 0. The zero-order valence-corrected chi connectivity index (χ0v) is 6.05. The first-order chi connectivity index (χ1) is 4.23. The summed E-state index contributed by atoms with van der Waals surface area (Å²) >= 11 is 0. The van der Waals surface area contributed by atoms with Crippen LogP contribution in [0, 0.1) is 0 Å². The average Bonchev–Trinajstić information content (AvgIpc) is 2.43. The van der Waals surface area contributed by atoms with Gasteiger partial charge in [0, 0.05) is 0 Å². The van der Waals surface area contributed by atoms with Gasteiger partial charge in [-0.3, -0.25) is 0 Å². The minimum atomic E-state index is 0.0174. The van der Waals surface area contributed by atoms with Gasteiger partial charge in [0.1, 0.15) is 6.10 Å². The molecule has 0 amide bonds. The number of hydrogen-bond acceptors (Lipinski definition) is 2. The van der Waals surface area contributed by atoms with Crippen LogP contribution in [0.2, 0.25) is 0 Å². The molecule has 1 aliphatic rings. The Balaban J connectivity index is 2.25. The van der Waals surface area contributed by atoms with E-state index in [0.29, 0.717) is 0 Å². The molecule has 1 fully saturated rings. The second-order valence-electron chi connectivity index (χ2n) is 2.85. The molecule has 0 unspecified atom stereocenters. The molecule has 2 atom stereocenters. The highest BCUT2D eigenvalue weighted by Gasteiger charge is 2.50. The van der Waals surface area contributed by atoms with Crippen LogP contribution in [-0.2, 0) is 4.74 Å². The van der Waals surface area contributed by atoms with Crippen molar-refractivity contribution in [3.05, 3.63) is 0 Å². The Morgan fingerprint density at radius 1 is 1.67 bits per heavy atom. The lowest BCUT2D eigenvalue weighted by molar-refractivity contribution is 0.235. The fourth-order valence-electron chi connectivity index (χ4n) is 1.24. The van der Waals surface area contributed by atoms with Crippen LogP contribution in [0.25, 0.3) is 0 Å². The Bertz CT molecular complexity index is 103. The van der Waals surface area contributed by atoms with Crippen LogP contribution in [0.5, 0.6) is 0 Å². The molecule has 0 aromatic heterocycles. The maximum Gasteiger partial charge on any atom is 0.110 e. The van der Waals surface area contributed by atoms with Gasteiger partial charge in [-0.1, -0.05) is 13.3 Å². The van der Waals surface area contributed by atoms with E-state index in [1.165, 1.54) is 0 Å². The summed E-state index contributed by atoms with van der Waals surface area (Å²) in [5.41, 5.74) is 0.0174. The SMILES string of the molecule is CCC[C@@]1(C)O[C@@H]1CO. The number of epoxide rings is 1. The van der Waals surface area contributed by atoms with Crippen LogP contribution in [0.4, 0.5) is 0 Å². The number of aliphatic hydroxyl groups excluding tert-OH is 1. The minimum Gasteiger partial charge on any atom is -0.394 e. The Kier molecular flexibility index (Phi) is 1.78. The summed E-state index contributed by atoms with van der Waals surface area (Å²) in [6.07, 6.45) is 2.32. The Labute approximate surface area is 55.8 Å². The van der Waals surface area contributed by atoms with Crippen LogP contribution < -0.4 is 0 Å². The number of rotatable bonds is 3. The van der Waals surface area contributed by atoms with Crippen LogP contribution >= 0.6 is 0 Å². The van der Waals surface area contributed by atoms with Crippen molar-refractivity contribution in [1.82, 2.24) is 0 Å². The smallest absolute Gasteiger partial charge is 0.110 e. The summed E-state index contributed by atoms with van der Waals surface area (Å²) in [5.74, 6) is 0. The zero-order valence-electron chi connectivity index (χ0n) is 6.05. The largest absolute Gasteiger partial charge is 0.394 e. The van der Waals surface area contributed by atoms with E-state index in [0.717, 1.165) is 12.8 Å². The summed E-state index contributed by atoms with van der Waals surface area (Å²) in [5, 5.41) is 8.64. The third-order valence-corrected chi connectivity index (χ3v) is 1.95. The first-order valence-electron chi connectivity index (χ1n) is 3.51. The van der Waals surface area contributed by atoms with Crippen LogP contribution in [0.1, 0.15) is 26.7 Å². The van der Waals surface area contributed by atoms with E-state index in [2.05, 4.69) is 13.8 Å². The van der Waals surface area contributed by atoms with E-state index in [1.54, 1.807) is 0 Å². The van der Waals surface area contributed by atoms with Crippen LogP contribution in [0.3, 0.4) is 0 Å². The Hall–Kier alpha value is -0.0800. The maximum atomic E-state index is 8.64. The van der Waals surface area contributed by atoms with Gasteiger partial charge >= 0.3 is 0 Å². The quantitative estimate of drug-likeness (QED) is 0.576. The lowest BCUT2D eigenvalue weighted by Crippen LogP contribution is -2.11. The topological polar surface area (TPSA) is 32.8 Å². The number of aliphatic hydroxyl groups is 1. The predicted molar refractivity (Wildman–Crippen MR) is 35.3 cm³/mol. The molecule has 0 aliphatic carbocycles. The lowest BCUT2D eigenvalue weighted by atomic mass is 10.0. The molecule has 0 spiro atoms. The highest BCUT2D eigenvalue weighted by Crippen LogP contribution is 2.39. The van der Waals surface area contributed by atoms with E-state index in [-0.39, 0.29) is 18.3 Å². The summed E-state index contributed by atoms with van der Waals surface area (Å²) in [6, 6.07) is 0. The van der Waals surface area contributed by atoms with Crippen LogP contribution in [-0.4, -0.2) is 23.4 Å². The minimum absolute atomic E-state index is 0.0174. The first-order valence-corrected chi connectivity index (χ1v) is 3.51. The molecule has 2 heteroatoms. The molecular formula is C7H14O2. The molecule has 0 aromatic carbocycles. The van der Waals surface area contributed by atoms with Gasteiger partial charge in [-0.25, -0.2) is 0 Å². The molecule has 1 rings (SSSR count). The van der Waals surface area contributed by atoms with Gasteiger partial charge < -0.3 is 9.84 Å². The molecule has 1 N–H and O–H groups in total. The molecule has 54 valence electrons. The zero-order chi connectivity index (χ0) is 6.91. The van der Waals surface area contributed by atoms with Gasteiger partial charge in [0.25, 0.3) is 0 Å². The summed E-state index contributed by atoms with van der Waals surface area (Å²) in [6.45, 7) is 4.36. The van der Waals surface area contributed by atoms with Gasteiger partial charge in [0.15, 0.2) is 0 Å². The monoisotopic (exact) mass is 130 g/mol. The molecule has 0 aromatic rings. The third-order valence-electron chi connectivity index (χ3n) is 1.95. The van der Waals surface area contributed by atoms with E-state index < -0.39 is 0 Å². The van der Waals surface area contributed by atoms with Gasteiger partial charge in [-0.15, -0.1) is 0 Å². The van der Waals surface area contributed by atoms with Crippen molar-refractivity contribution in [2.45, 2.75) is 38.4 Å². The second kappa shape index (κ2) is 2.27. The molecule has 9 heavy (non-hydrogen) atoms. The van der Waals surface area contributed by atoms with Gasteiger partial charge in [-0.2, -0.15) is 0 Å². The maximum absolute atomic E-state index is 8.64. The molecule has 1 heterocycles. The van der Waals surface area contributed by atoms with Crippen molar-refractivity contribution in [3.8, 4) is 0 Å². The van der Waals surface area contributed by atoms with Crippen molar-refractivity contribution in [2.24, 2.45) is 0 Å². The lowest BCUT2D eigenvalue weighted by Gasteiger charge is -2.00. The van der Waals surface area contributed by atoms with Crippen molar-refractivity contribution >= 4 is 0 Å². The van der Waals surface area contributed by atoms with Crippen molar-refractivity contribution in [1.29, 1.82) is 0 Å². The van der Waals surface area contributed by atoms with Gasteiger partial charge in [0.05, 0.1) is 12.2 Å². The predicted octanol–water partition coefficient (Wildman–Crippen LogP) is 0.936. The molecule has 1 saturated heterocycles. The average molecular weight is 130 g/mol. The van der Waals surface area contributed by atoms with Gasteiger partial charge in [0.2, 0.25) is 0 Å². The number of hydrogen-bond donors (Lipinski definition) is 1. The van der Waals surface area contributed by atoms with E-state index >= 15 is 0 Å². The molecule has 2 nitrogen and oxygen atoms in total. The van der Waals surface area contributed by atoms with E-state index in [9.17, 15) is 0 Å². The fourth-order valence-corrected chi connectivity index (χ4v) is 1.24. The highest BCUT2D eigenvalue weighted by atomic mass is 16.6. The van der Waals surface area contributed by atoms with E-state index in [4.69, 9.17) is 9.84 Å². The van der Waals surface area contributed by atoms with Crippen molar-refractivity contribution < 1.29 is 9.84 Å². The first kappa shape index (κ1) is 7.03. The number of ether oxygens (including phenoxy) is 1.